The van der Waals surface area contributed by atoms with Crippen LogP contribution >= 0.6 is 0 Å². The van der Waals surface area contributed by atoms with Gasteiger partial charge in [-0.1, -0.05) is 83.2 Å². The van der Waals surface area contributed by atoms with Crippen LogP contribution in [-0.2, 0) is 11.2 Å². The maximum absolute atomic E-state index is 14.4. The predicted octanol–water partition coefficient (Wildman–Crippen LogP) is 6.93. The van der Waals surface area contributed by atoms with Gasteiger partial charge in [0.05, 0.1) is 0 Å². The first-order valence-electron chi connectivity index (χ1n) is 14.4. The Balaban J connectivity index is 1.51. The van der Waals surface area contributed by atoms with Crippen LogP contribution in [0.15, 0.2) is 54.1 Å². The number of carbonyl (C=O) groups is 1. The minimum atomic E-state index is -0.329. The Morgan fingerprint density at radius 1 is 1.06 bits per heavy atom. The van der Waals surface area contributed by atoms with Gasteiger partial charge in [-0.05, 0) is 90.6 Å². The SMILES string of the molecule is CC1CC2(C3=CCCC=C3)CC(CC(C)(C(=O)N3CCC(N)C(C)(C)C3)C2)C1(C)Cc1ccccc1. The third kappa shape index (κ3) is 4.40. The predicted molar refractivity (Wildman–Crippen MR) is 149 cm³/mol. The molecule has 1 aromatic carbocycles. The number of fused-ring (bicyclic) bond motifs is 2. The van der Waals surface area contributed by atoms with Crippen LogP contribution in [0.2, 0.25) is 0 Å². The van der Waals surface area contributed by atoms with Gasteiger partial charge < -0.3 is 10.6 Å². The van der Waals surface area contributed by atoms with E-state index < -0.39 is 0 Å². The Kier molecular flexibility index (Phi) is 6.55. The van der Waals surface area contributed by atoms with Gasteiger partial charge in [-0.15, -0.1) is 0 Å². The van der Waals surface area contributed by atoms with E-state index in [0.29, 0.717) is 17.7 Å². The fourth-order valence-electron chi connectivity index (χ4n) is 8.61. The lowest BCUT2D eigenvalue weighted by Crippen LogP contribution is -2.60. The van der Waals surface area contributed by atoms with Gasteiger partial charge in [0.2, 0.25) is 5.91 Å². The van der Waals surface area contributed by atoms with E-state index in [-0.39, 0.29) is 27.7 Å². The standard InChI is InChI=1S/C33H48N2O/c1-24-18-33(26-14-10-7-11-15-26)21-27(32(24,5)19-25-12-8-6-9-13-25)20-31(4,22-33)29(36)35-17-16-28(34)30(2,3)23-35/h6,8-10,12-15,24,27-28H,7,11,16-23,34H2,1-5H3. The fraction of sp³-hybridized carbons (Fsp3) is 0.667. The lowest BCUT2D eigenvalue weighted by atomic mass is 9.42. The molecular formula is C33H48N2O. The molecule has 1 saturated heterocycles. The molecule has 2 bridgehead atoms. The third-order valence-corrected chi connectivity index (χ3v) is 11.0. The van der Waals surface area contributed by atoms with Crippen molar-refractivity contribution in [3.05, 3.63) is 59.7 Å². The van der Waals surface area contributed by atoms with Crippen molar-refractivity contribution < 1.29 is 4.79 Å². The zero-order valence-electron chi connectivity index (χ0n) is 23.4. The van der Waals surface area contributed by atoms with Crippen molar-refractivity contribution in [1.29, 1.82) is 0 Å². The number of carbonyl (C=O) groups excluding carboxylic acids is 1. The number of likely N-dealkylation sites (tertiary alicyclic amines) is 1. The van der Waals surface area contributed by atoms with Gasteiger partial charge in [-0.3, -0.25) is 4.79 Å². The van der Waals surface area contributed by atoms with Crippen molar-refractivity contribution in [2.75, 3.05) is 13.1 Å². The Labute approximate surface area is 219 Å². The summed E-state index contributed by atoms with van der Waals surface area (Å²) in [6.45, 7) is 13.4. The Bertz CT molecular complexity index is 1040. The molecule has 1 amide bonds. The summed E-state index contributed by atoms with van der Waals surface area (Å²) in [4.78, 5) is 16.6. The largest absolute Gasteiger partial charge is 0.342 e. The number of amides is 1. The molecule has 4 aliphatic rings. The van der Waals surface area contributed by atoms with E-state index in [9.17, 15) is 4.79 Å². The number of hydrogen-bond donors (Lipinski definition) is 1. The molecule has 0 spiro atoms. The lowest BCUT2D eigenvalue weighted by molar-refractivity contribution is -0.159. The Morgan fingerprint density at radius 3 is 2.47 bits per heavy atom. The van der Waals surface area contributed by atoms with Crippen LogP contribution in [-0.4, -0.2) is 29.9 Å². The fourth-order valence-corrected chi connectivity index (χ4v) is 8.61. The number of piperidine rings is 1. The van der Waals surface area contributed by atoms with Crippen molar-refractivity contribution in [1.82, 2.24) is 4.90 Å². The van der Waals surface area contributed by atoms with Gasteiger partial charge in [0.25, 0.3) is 0 Å². The average Bonchev–Trinajstić information content (AvgIpc) is 2.85. The summed E-state index contributed by atoms with van der Waals surface area (Å²) in [6, 6.07) is 11.2. The minimum Gasteiger partial charge on any atom is -0.342 e. The highest BCUT2D eigenvalue weighted by atomic mass is 16.2. The third-order valence-electron chi connectivity index (χ3n) is 11.0. The van der Waals surface area contributed by atoms with Gasteiger partial charge in [-0.25, -0.2) is 0 Å². The summed E-state index contributed by atoms with van der Waals surface area (Å²) in [5.41, 5.74) is 9.35. The van der Waals surface area contributed by atoms with E-state index in [1.165, 1.54) is 24.0 Å². The highest BCUT2D eigenvalue weighted by Crippen LogP contribution is 2.66. The molecule has 1 heterocycles. The average molecular weight is 489 g/mol. The smallest absolute Gasteiger partial charge is 0.228 e. The Hall–Kier alpha value is -1.87. The monoisotopic (exact) mass is 488 g/mol. The number of nitrogens with zero attached hydrogens (tertiary/aromatic N) is 1. The van der Waals surface area contributed by atoms with Gasteiger partial charge in [0.1, 0.15) is 0 Å². The van der Waals surface area contributed by atoms with E-state index in [1.807, 2.05) is 0 Å². The molecule has 0 aromatic heterocycles. The van der Waals surface area contributed by atoms with Gasteiger partial charge in [-0.2, -0.15) is 0 Å². The Morgan fingerprint density at radius 2 is 1.81 bits per heavy atom. The molecule has 196 valence electrons. The molecule has 3 fully saturated rings. The van der Waals surface area contributed by atoms with Crippen LogP contribution in [0.3, 0.4) is 0 Å². The number of rotatable bonds is 4. The van der Waals surface area contributed by atoms with E-state index >= 15 is 0 Å². The van der Waals surface area contributed by atoms with Crippen LogP contribution in [0.1, 0.15) is 85.1 Å². The molecule has 0 radical (unpaired) electrons. The quantitative estimate of drug-likeness (QED) is 0.499. The van der Waals surface area contributed by atoms with Crippen molar-refractivity contribution in [2.24, 2.45) is 39.2 Å². The molecule has 3 aliphatic carbocycles. The molecule has 36 heavy (non-hydrogen) atoms. The second kappa shape index (κ2) is 9.15. The van der Waals surface area contributed by atoms with Crippen molar-refractivity contribution in [3.63, 3.8) is 0 Å². The summed E-state index contributed by atoms with van der Waals surface area (Å²) in [5, 5.41) is 0. The lowest BCUT2D eigenvalue weighted by Gasteiger charge is -2.62. The molecule has 2 N–H and O–H groups in total. The van der Waals surface area contributed by atoms with Crippen LogP contribution in [0.25, 0.3) is 0 Å². The first-order chi connectivity index (χ1) is 17.0. The van der Waals surface area contributed by atoms with E-state index in [0.717, 1.165) is 51.6 Å². The highest BCUT2D eigenvalue weighted by molar-refractivity contribution is 5.83. The summed E-state index contributed by atoms with van der Waals surface area (Å²) in [7, 11) is 0. The first-order valence-corrected chi connectivity index (χ1v) is 14.4. The molecule has 3 heteroatoms. The van der Waals surface area contributed by atoms with Crippen molar-refractivity contribution in [2.45, 2.75) is 92.0 Å². The molecule has 2 saturated carbocycles. The summed E-state index contributed by atoms with van der Waals surface area (Å²) in [6.07, 6.45) is 15.9. The normalized spacial score (nSPS) is 40.0. The number of nitrogens with two attached hydrogens (primary N) is 1. The van der Waals surface area contributed by atoms with Gasteiger partial charge in [0.15, 0.2) is 0 Å². The van der Waals surface area contributed by atoms with E-state index in [4.69, 9.17) is 5.73 Å². The minimum absolute atomic E-state index is 0.0303. The molecule has 1 aromatic rings. The van der Waals surface area contributed by atoms with Gasteiger partial charge >= 0.3 is 0 Å². The second-order valence-corrected chi connectivity index (χ2v) is 14.1. The van der Waals surface area contributed by atoms with Crippen LogP contribution in [0.5, 0.6) is 0 Å². The zero-order chi connectivity index (χ0) is 25.8. The van der Waals surface area contributed by atoms with Crippen molar-refractivity contribution >= 4 is 5.91 Å². The van der Waals surface area contributed by atoms with Crippen molar-refractivity contribution in [3.8, 4) is 0 Å². The second-order valence-electron chi connectivity index (χ2n) is 14.1. The molecule has 6 unspecified atom stereocenters. The van der Waals surface area contributed by atoms with Crippen LogP contribution < -0.4 is 5.73 Å². The maximum Gasteiger partial charge on any atom is 0.228 e. The molecule has 6 atom stereocenters. The number of allylic oxidation sites excluding steroid dienone is 4. The molecule has 5 rings (SSSR count). The van der Waals surface area contributed by atoms with E-state index in [1.54, 1.807) is 0 Å². The van der Waals surface area contributed by atoms with Crippen LogP contribution in [0.4, 0.5) is 0 Å². The van der Waals surface area contributed by atoms with Crippen LogP contribution in [0, 0.1) is 33.5 Å². The molecule has 1 aliphatic heterocycles. The van der Waals surface area contributed by atoms with E-state index in [2.05, 4.69) is 88.1 Å². The number of benzene rings is 1. The first kappa shape index (κ1) is 25.8. The summed E-state index contributed by atoms with van der Waals surface area (Å²) < 4.78 is 0. The summed E-state index contributed by atoms with van der Waals surface area (Å²) in [5.74, 6) is 1.52. The highest BCUT2D eigenvalue weighted by Gasteiger charge is 2.60. The number of hydrogen-bond acceptors (Lipinski definition) is 2. The maximum atomic E-state index is 14.4. The molecular weight excluding hydrogens is 440 g/mol. The topological polar surface area (TPSA) is 46.3 Å². The van der Waals surface area contributed by atoms with Gasteiger partial charge in [0, 0.05) is 24.5 Å². The molecule has 3 nitrogen and oxygen atoms in total. The zero-order valence-corrected chi connectivity index (χ0v) is 23.4. The summed E-state index contributed by atoms with van der Waals surface area (Å²) >= 11 is 0.